The minimum absolute atomic E-state index is 0. The van der Waals surface area contributed by atoms with E-state index in [0.29, 0.717) is 16.4 Å². The van der Waals surface area contributed by atoms with Gasteiger partial charge in [-0.05, 0) is 29.8 Å². The minimum atomic E-state index is 0. The Morgan fingerprint density at radius 2 is 1.76 bits per heavy atom. The molecule has 2 aromatic heterocycles. The van der Waals surface area contributed by atoms with Crippen LogP contribution in [0.2, 0.25) is 10.4 Å². The van der Waals surface area contributed by atoms with Crippen LogP contribution in [-0.2, 0) is 32.7 Å². The fourth-order valence-corrected chi connectivity index (χ4v) is 1.17. The molecule has 0 unspecified atom stereocenters. The Morgan fingerprint density at radius 1 is 1.14 bits per heavy atom. The maximum atomic E-state index is 5.57. The molecule has 0 fully saturated rings. The van der Waals surface area contributed by atoms with Crippen molar-refractivity contribution >= 4 is 23.2 Å². The molecular formula is C14H20Cl2N4Y-2. The number of aromatic nitrogens is 4. The van der Waals surface area contributed by atoms with Crippen LogP contribution in [0.15, 0.2) is 24.7 Å². The molecule has 0 N–H and O–H groups in total. The summed E-state index contributed by atoms with van der Waals surface area (Å²) in [5.74, 6) is 0.417. The van der Waals surface area contributed by atoms with Crippen LogP contribution in [-0.4, -0.2) is 19.9 Å². The standard InChI is InChI=1S/C7H9ClN2.C4H2ClN2.C2H6.CH3.Y/c1-5(2)6-3-4-9-7(8)10-6;5-4-3-6-1-2-7-4;1-2;;/h3-5H,1-2H3;2-3H;1-2H3;1H3;/q;-1;;-1;. The SMILES string of the molecule is CC.CC(C)c1ccnc(Cl)n1.Clc1cn[c-]cn1.[CH3-].[Y]. The summed E-state index contributed by atoms with van der Waals surface area (Å²) in [6.45, 7) is 8.14. The predicted molar refractivity (Wildman–Crippen MR) is 84.8 cm³/mol. The Morgan fingerprint density at radius 3 is 2.05 bits per heavy atom. The fourth-order valence-electron chi connectivity index (χ4n) is 0.917. The van der Waals surface area contributed by atoms with E-state index >= 15 is 0 Å². The van der Waals surface area contributed by atoms with Crippen LogP contribution in [0, 0.1) is 13.6 Å². The smallest absolute Gasteiger partial charge is 0.222 e. The van der Waals surface area contributed by atoms with Gasteiger partial charge in [0.1, 0.15) is 0 Å². The van der Waals surface area contributed by atoms with E-state index in [1.807, 2.05) is 19.9 Å². The number of hydrogen-bond acceptors (Lipinski definition) is 4. The zero-order chi connectivity index (χ0) is 14.7. The summed E-state index contributed by atoms with van der Waals surface area (Å²) >= 11 is 10.9. The monoisotopic (exact) mass is 403 g/mol. The van der Waals surface area contributed by atoms with Crippen molar-refractivity contribution in [3.8, 4) is 0 Å². The summed E-state index contributed by atoms with van der Waals surface area (Å²) < 4.78 is 0. The molecule has 0 bridgehead atoms. The normalized spacial score (nSPS) is 8.14. The third-order valence-corrected chi connectivity index (χ3v) is 2.11. The third-order valence-electron chi connectivity index (χ3n) is 1.73. The van der Waals surface area contributed by atoms with Gasteiger partial charge < -0.3 is 12.4 Å². The van der Waals surface area contributed by atoms with E-state index in [-0.39, 0.29) is 40.1 Å². The molecule has 2 heterocycles. The van der Waals surface area contributed by atoms with E-state index in [4.69, 9.17) is 23.2 Å². The van der Waals surface area contributed by atoms with Crippen molar-refractivity contribution in [3.05, 3.63) is 54.4 Å². The van der Waals surface area contributed by atoms with Gasteiger partial charge in [0.15, 0.2) is 0 Å². The molecule has 0 saturated heterocycles. The molecule has 2 rings (SSSR count). The molecule has 0 aliphatic carbocycles. The first kappa shape index (κ1) is 25.8. The van der Waals surface area contributed by atoms with Gasteiger partial charge in [0.25, 0.3) is 0 Å². The van der Waals surface area contributed by atoms with E-state index in [2.05, 4.69) is 40.0 Å². The van der Waals surface area contributed by atoms with Gasteiger partial charge in [-0.15, -0.1) is 6.20 Å². The van der Waals surface area contributed by atoms with Gasteiger partial charge in [0.2, 0.25) is 5.28 Å². The average Bonchev–Trinajstić information content (AvgIpc) is 2.42. The van der Waals surface area contributed by atoms with Crippen molar-refractivity contribution in [1.29, 1.82) is 0 Å². The van der Waals surface area contributed by atoms with Gasteiger partial charge in [-0.1, -0.05) is 45.5 Å². The summed E-state index contributed by atoms with van der Waals surface area (Å²) in [4.78, 5) is 15.0. The number of halogens is 2. The third kappa shape index (κ3) is 13.2. The maximum Gasteiger partial charge on any atom is 0.222 e. The molecule has 0 saturated carbocycles. The molecule has 2 aromatic rings. The van der Waals surface area contributed by atoms with Crippen molar-refractivity contribution < 1.29 is 32.7 Å². The van der Waals surface area contributed by atoms with Crippen molar-refractivity contribution in [2.45, 2.75) is 33.6 Å². The van der Waals surface area contributed by atoms with Crippen molar-refractivity contribution in [2.24, 2.45) is 0 Å². The molecule has 0 aliphatic heterocycles. The molecule has 1 radical (unpaired) electrons. The molecular weight excluding hydrogens is 384 g/mol. The van der Waals surface area contributed by atoms with Gasteiger partial charge in [-0.2, -0.15) is 0 Å². The molecule has 0 amide bonds. The van der Waals surface area contributed by atoms with E-state index in [9.17, 15) is 0 Å². The van der Waals surface area contributed by atoms with Gasteiger partial charge >= 0.3 is 0 Å². The molecule has 4 nitrogen and oxygen atoms in total. The Kier molecular flexibility index (Phi) is 19.9. The van der Waals surface area contributed by atoms with Crippen molar-refractivity contribution in [1.82, 2.24) is 19.9 Å². The Balaban J connectivity index is -0.000000263. The second-order valence-corrected chi connectivity index (χ2v) is 4.10. The van der Waals surface area contributed by atoms with Gasteiger partial charge in [-0.3, -0.25) is 4.98 Å². The van der Waals surface area contributed by atoms with Crippen LogP contribution in [0.3, 0.4) is 0 Å². The second-order valence-electron chi connectivity index (χ2n) is 3.37. The summed E-state index contributed by atoms with van der Waals surface area (Å²) in [5, 5.41) is 0.727. The van der Waals surface area contributed by atoms with Gasteiger partial charge in [-0.25, -0.2) is 9.97 Å². The zero-order valence-corrected chi connectivity index (χ0v) is 17.4. The summed E-state index contributed by atoms with van der Waals surface area (Å²) in [6.07, 6.45) is 7.01. The van der Waals surface area contributed by atoms with Crippen LogP contribution < -0.4 is 0 Å². The quantitative estimate of drug-likeness (QED) is 0.513. The molecule has 7 heteroatoms. The predicted octanol–water partition coefficient (Wildman–Crippen LogP) is 4.66. The first-order valence-corrected chi connectivity index (χ1v) is 6.67. The topological polar surface area (TPSA) is 51.6 Å². The number of hydrogen-bond donors (Lipinski definition) is 0. The molecule has 0 atom stereocenters. The first-order chi connectivity index (χ1) is 9.09. The van der Waals surface area contributed by atoms with Crippen LogP contribution >= 0.6 is 23.2 Å². The van der Waals surface area contributed by atoms with Crippen molar-refractivity contribution in [3.63, 3.8) is 0 Å². The molecule has 0 aromatic carbocycles. The Hall–Kier alpha value is -0.156. The Bertz CT molecular complexity index is 456. The summed E-state index contributed by atoms with van der Waals surface area (Å²) in [6, 6.07) is 1.87. The average molecular weight is 404 g/mol. The zero-order valence-electron chi connectivity index (χ0n) is 13.0. The summed E-state index contributed by atoms with van der Waals surface area (Å²) in [5.41, 5.74) is 0.986. The number of nitrogens with zero attached hydrogens (tertiary/aromatic N) is 4. The van der Waals surface area contributed by atoms with Crippen LogP contribution in [0.4, 0.5) is 0 Å². The second kappa shape index (κ2) is 16.2. The fraction of sp³-hybridized carbons (Fsp3) is 0.357. The molecule has 0 spiro atoms. The van der Waals surface area contributed by atoms with Gasteiger partial charge in [0, 0.05) is 44.6 Å². The molecule has 115 valence electrons. The summed E-state index contributed by atoms with van der Waals surface area (Å²) in [7, 11) is 0. The largest absolute Gasteiger partial charge is 0.455 e. The molecule has 21 heavy (non-hydrogen) atoms. The maximum absolute atomic E-state index is 5.57. The van der Waals surface area contributed by atoms with E-state index in [1.54, 1.807) is 6.20 Å². The van der Waals surface area contributed by atoms with Crippen LogP contribution in [0.5, 0.6) is 0 Å². The minimum Gasteiger partial charge on any atom is -0.455 e. The van der Waals surface area contributed by atoms with Crippen LogP contribution in [0.25, 0.3) is 0 Å². The van der Waals surface area contributed by atoms with Crippen molar-refractivity contribution in [2.75, 3.05) is 0 Å². The molecule has 0 aliphatic rings. The first-order valence-electron chi connectivity index (χ1n) is 5.91. The Labute approximate surface area is 163 Å². The number of rotatable bonds is 1. The van der Waals surface area contributed by atoms with E-state index in [1.165, 1.54) is 12.4 Å². The van der Waals surface area contributed by atoms with Crippen LogP contribution in [0.1, 0.15) is 39.3 Å². The van der Waals surface area contributed by atoms with Gasteiger partial charge in [0.05, 0.1) is 5.15 Å². The van der Waals surface area contributed by atoms with E-state index < -0.39 is 0 Å². The van der Waals surface area contributed by atoms with E-state index in [0.717, 1.165) is 5.69 Å².